The molecule has 1 fully saturated rings. The number of hydrogen-bond donors (Lipinski definition) is 4. The van der Waals surface area contributed by atoms with E-state index in [2.05, 4.69) is 19.9 Å². The van der Waals surface area contributed by atoms with E-state index in [1.807, 2.05) is 12.4 Å². The molecule has 1 aromatic heterocycles. The number of methoxy groups -OCH3 is 1. The van der Waals surface area contributed by atoms with Gasteiger partial charge >= 0.3 is 0 Å². The molecule has 2 rings (SSSR count). The van der Waals surface area contributed by atoms with Crippen LogP contribution in [0.2, 0.25) is 0 Å². The largest absolute Gasteiger partial charge is 0.368 e. The first-order valence-corrected chi connectivity index (χ1v) is 9.38. The van der Waals surface area contributed by atoms with Crippen molar-refractivity contribution in [3.8, 4) is 0 Å². The van der Waals surface area contributed by atoms with Crippen LogP contribution in [0.1, 0.15) is 11.4 Å². The molecule has 1 aliphatic rings. The summed E-state index contributed by atoms with van der Waals surface area (Å²) in [5.74, 6) is -0.149. The number of nitrogens with zero attached hydrogens (tertiary/aromatic N) is 2. The van der Waals surface area contributed by atoms with Gasteiger partial charge in [-0.1, -0.05) is 0 Å². The first-order valence-electron chi connectivity index (χ1n) is 7.40. The van der Waals surface area contributed by atoms with Crippen molar-refractivity contribution in [2.45, 2.75) is 31.3 Å². The minimum atomic E-state index is -2.05. The Kier molecular flexibility index (Phi) is 7.50. The second-order valence-corrected chi connectivity index (χ2v) is 7.28. The summed E-state index contributed by atoms with van der Waals surface area (Å²) in [5.41, 5.74) is 0. The smallest absolute Gasteiger partial charge is 0.232 e. The molecule has 0 aliphatic carbocycles. The molecule has 2 heterocycles. The van der Waals surface area contributed by atoms with Crippen molar-refractivity contribution in [1.82, 2.24) is 19.9 Å². The van der Waals surface area contributed by atoms with E-state index in [9.17, 15) is 9.32 Å². The van der Waals surface area contributed by atoms with Crippen LogP contribution in [0.4, 0.5) is 0 Å². The average molecular weight is 364 g/mol. The summed E-state index contributed by atoms with van der Waals surface area (Å²) in [7, 11) is 3.31. The van der Waals surface area contributed by atoms with E-state index in [1.165, 1.54) is 7.11 Å². The van der Waals surface area contributed by atoms with Crippen LogP contribution in [0.3, 0.4) is 0 Å². The van der Waals surface area contributed by atoms with Gasteiger partial charge < -0.3 is 15.2 Å². The molecule has 0 saturated carbocycles. The fourth-order valence-corrected chi connectivity index (χ4v) is 4.23. The third-order valence-corrected chi connectivity index (χ3v) is 5.38. The zero-order valence-corrected chi connectivity index (χ0v) is 14.8. The van der Waals surface area contributed by atoms with Gasteiger partial charge in [0.1, 0.15) is 5.01 Å². The SMILES string of the molecule is CNCC(C(O)OC)C1CC(NS(=O)O)CN1Cc1nccs1. The van der Waals surface area contributed by atoms with E-state index < -0.39 is 17.6 Å². The van der Waals surface area contributed by atoms with Gasteiger partial charge in [0.25, 0.3) is 0 Å². The molecule has 1 saturated heterocycles. The Morgan fingerprint density at radius 3 is 3.00 bits per heavy atom. The number of ether oxygens (including phenoxy) is 1. The highest BCUT2D eigenvalue weighted by Gasteiger charge is 2.40. The van der Waals surface area contributed by atoms with Crippen molar-refractivity contribution in [3.05, 3.63) is 16.6 Å². The topological polar surface area (TPSA) is 107 Å². The number of thiazole rings is 1. The van der Waals surface area contributed by atoms with E-state index in [4.69, 9.17) is 9.29 Å². The Hall–Kier alpha value is -0.460. The molecule has 132 valence electrons. The number of hydrogen-bond acceptors (Lipinski definition) is 7. The monoisotopic (exact) mass is 364 g/mol. The second kappa shape index (κ2) is 9.14. The molecule has 5 atom stereocenters. The summed E-state index contributed by atoms with van der Waals surface area (Å²) < 4.78 is 27.9. The first-order chi connectivity index (χ1) is 11.0. The van der Waals surface area contributed by atoms with E-state index >= 15 is 0 Å². The van der Waals surface area contributed by atoms with E-state index in [0.29, 0.717) is 26.1 Å². The number of aliphatic hydroxyl groups is 1. The Morgan fingerprint density at radius 1 is 1.65 bits per heavy atom. The van der Waals surface area contributed by atoms with E-state index in [-0.39, 0.29) is 18.0 Å². The van der Waals surface area contributed by atoms with Crippen molar-refractivity contribution in [2.75, 3.05) is 27.2 Å². The standard InChI is InChI=1S/C13H24N4O4S2/c1-14-6-10(13(18)21-2)11-5-9(16-23(19)20)7-17(11)8-12-15-3-4-22-12/h3-4,9-11,13-14,16,18H,5-8H2,1-2H3,(H,19,20). The Morgan fingerprint density at radius 2 is 2.43 bits per heavy atom. The number of aromatic nitrogens is 1. The van der Waals surface area contributed by atoms with Crippen LogP contribution >= 0.6 is 11.3 Å². The normalized spacial score (nSPS) is 26.3. The molecular weight excluding hydrogens is 340 g/mol. The summed E-state index contributed by atoms with van der Waals surface area (Å²) in [6.07, 6.45) is 1.52. The van der Waals surface area contributed by atoms with Gasteiger partial charge in [0, 0.05) is 49.8 Å². The summed E-state index contributed by atoms with van der Waals surface area (Å²) in [4.78, 5) is 6.50. The maximum atomic E-state index is 11.1. The lowest BCUT2D eigenvalue weighted by Crippen LogP contribution is -2.45. The predicted octanol–water partition coefficient (Wildman–Crippen LogP) is -0.387. The highest BCUT2D eigenvalue weighted by molar-refractivity contribution is 7.77. The Bertz CT molecular complexity index is 490. The summed E-state index contributed by atoms with van der Waals surface area (Å²) in [5, 5.41) is 16.2. The Balaban J connectivity index is 2.14. The fraction of sp³-hybridized carbons (Fsp3) is 0.769. The lowest BCUT2D eigenvalue weighted by Gasteiger charge is -2.33. The van der Waals surface area contributed by atoms with E-state index in [1.54, 1.807) is 17.5 Å². The van der Waals surface area contributed by atoms with Crippen LogP contribution in [0.5, 0.6) is 0 Å². The minimum Gasteiger partial charge on any atom is -0.368 e. The molecule has 4 N–H and O–H groups in total. The van der Waals surface area contributed by atoms with Crippen LogP contribution in [0.25, 0.3) is 0 Å². The van der Waals surface area contributed by atoms with Crippen molar-refractivity contribution in [2.24, 2.45) is 5.92 Å². The molecule has 0 spiro atoms. The van der Waals surface area contributed by atoms with Gasteiger partial charge in [-0.3, -0.25) is 9.45 Å². The molecule has 5 unspecified atom stereocenters. The van der Waals surface area contributed by atoms with Gasteiger partial charge in [-0.05, 0) is 13.5 Å². The molecule has 10 heteroatoms. The van der Waals surface area contributed by atoms with Gasteiger partial charge in [-0.2, -0.15) is 0 Å². The zero-order chi connectivity index (χ0) is 16.8. The number of likely N-dealkylation sites (tertiary alicyclic amines) is 1. The minimum absolute atomic E-state index is 0.0161. The number of aliphatic hydroxyl groups excluding tert-OH is 1. The first kappa shape index (κ1) is 18.9. The van der Waals surface area contributed by atoms with Crippen molar-refractivity contribution >= 4 is 22.6 Å². The van der Waals surface area contributed by atoms with Gasteiger partial charge in [-0.25, -0.2) is 13.9 Å². The molecule has 1 aliphatic heterocycles. The maximum Gasteiger partial charge on any atom is 0.232 e. The molecular formula is C13H24N4O4S2. The fourth-order valence-electron chi connectivity index (χ4n) is 3.13. The van der Waals surface area contributed by atoms with Crippen molar-refractivity contribution in [3.63, 3.8) is 0 Å². The van der Waals surface area contributed by atoms with Gasteiger partial charge in [0.05, 0.1) is 6.54 Å². The molecule has 0 radical (unpaired) electrons. The molecule has 8 nitrogen and oxygen atoms in total. The molecule has 1 aromatic rings. The maximum absolute atomic E-state index is 11.1. The van der Waals surface area contributed by atoms with Crippen LogP contribution in [0.15, 0.2) is 11.6 Å². The van der Waals surface area contributed by atoms with Crippen LogP contribution in [0, 0.1) is 5.92 Å². The quantitative estimate of drug-likeness (QED) is 0.349. The zero-order valence-electron chi connectivity index (χ0n) is 13.2. The number of rotatable bonds is 9. The van der Waals surface area contributed by atoms with Gasteiger partial charge in [-0.15, -0.1) is 11.3 Å². The lowest BCUT2D eigenvalue weighted by molar-refractivity contribution is -0.127. The lowest BCUT2D eigenvalue weighted by atomic mass is 9.95. The molecule has 0 bridgehead atoms. The molecule has 0 aromatic carbocycles. The van der Waals surface area contributed by atoms with Crippen molar-refractivity contribution < 1.29 is 18.6 Å². The highest BCUT2D eigenvalue weighted by atomic mass is 32.2. The average Bonchev–Trinajstić information content (AvgIpc) is 3.14. The Labute approximate surface area is 142 Å². The molecule has 23 heavy (non-hydrogen) atoms. The van der Waals surface area contributed by atoms with Crippen LogP contribution in [-0.4, -0.2) is 69.4 Å². The van der Waals surface area contributed by atoms with Gasteiger partial charge in [0.2, 0.25) is 11.3 Å². The third kappa shape index (κ3) is 5.26. The second-order valence-electron chi connectivity index (χ2n) is 5.57. The summed E-state index contributed by atoms with van der Waals surface area (Å²) >= 11 is -0.478. The predicted molar refractivity (Wildman–Crippen MR) is 89.1 cm³/mol. The molecule has 0 amide bonds. The highest BCUT2D eigenvalue weighted by Crippen LogP contribution is 2.29. The van der Waals surface area contributed by atoms with Crippen LogP contribution in [-0.2, 0) is 22.5 Å². The van der Waals surface area contributed by atoms with Crippen molar-refractivity contribution in [1.29, 1.82) is 0 Å². The third-order valence-electron chi connectivity index (χ3n) is 4.08. The van der Waals surface area contributed by atoms with E-state index in [0.717, 1.165) is 5.01 Å². The summed E-state index contributed by atoms with van der Waals surface area (Å²) in [6.45, 7) is 1.85. The van der Waals surface area contributed by atoms with Crippen LogP contribution < -0.4 is 10.0 Å². The van der Waals surface area contributed by atoms with Gasteiger partial charge in [0.15, 0.2) is 6.29 Å². The number of nitrogens with one attached hydrogen (secondary N) is 2. The summed E-state index contributed by atoms with van der Waals surface area (Å²) in [6, 6.07) is -0.100.